The third-order valence-electron chi connectivity index (χ3n) is 3.26. The fourth-order valence-corrected chi connectivity index (χ4v) is 2.13. The lowest BCUT2D eigenvalue weighted by Crippen LogP contribution is -2.31. The number of nitrogens with zero attached hydrogens (tertiary/aromatic N) is 5. The lowest BCUT2D eigenvalue weighted by molar-refractivity contribution is -0.117. The quantitative estimate of drug-likeness (QED) is 0.813. The maximum absolute atomic E-state index is 11.9. The van der Waals surface area contributed by atoms with Gasteiger partial charge in [0, 0.05) is 45.2 Å². The summed E-state index contributed by atoms with van der Waals surface area (Å²) >= 11 is 0. The smallest absolute Gasteiger partial charge is 0.239 e. The number of carbonyl (C=O) groups excluding carboxylic acids is 1. The van der Waals surface area contributed by atoms with Gasteiger partial charge in [-0.15, -0.1) is 0 Å². The Labute approximate surface area is 124 Å². The second kappa shape index (κ2) is 7.03. The largest absolute Gasteiger partial charge is 0.338 e. The third-order valence-corrected chi connectivity index (χ3v) is 3.26. The molecule has 2 heterocycles. The summed E-state index contributed by atoms with van der Waals surface area (Å²) < 4.78 is 3.68. The molecule has 7 nitrogen and oxygen atoms in total. The van der Waals surface area contributed by atoms with E-state index < -0.39 is 0 Å². The first kappa shape index (κ1) is 15.2. The van der Waals surface area contributed by atoms with Crippen molar-refractivity contribution in [3.63, 3.8) is 0 Å². The molecule has 0 atom stereocenters. The molecule has 0 aliphatic heterocycles. The highest BCUT2D eigenvalue weighted by molar-refractivity contribution is 5.91. The Morgan fingerprint density at radius 2 is 2.19 bits per heavy atom. The van der Waals surface area contributed by atoms with Gasteiger partial charge in [-0.25, -0.2) is 4.98 Å². The van der Waals surface area contributed by atoms with E-state index in [4.69, 9.17) is 0 Å². The Kier molecular flexibility index (Phi) is 5.10. The van der Waals surface area contributed by atoms with E-state index in [1.807, 2.05) is 36.8 Å². The van der Waals surface area contributed by atoms with Crippen molar-refractivity contribution in [1.82, 2.24) is 24.2 Å². The maximum Gasteiger partial charge on any atom is 0.239 e. The Bertz CT molecular complexity index is 588. The number of carbonyl (C=O) groups is 1. The van der Waals surface area contributed by atoms with E-state index in [0.29, 0.717) is 12.4 Å². The van der Waals surface area contributed by atoms with Gasteiger partial charge in [0.05, 0.1) is 6.54 Å². The molecule has 0 aliphatic carbocycles. The first-order valence-corrected chi connectivity index (χ1v) is 6.99. The molecule has 0 spiro atoms. The van der Waals surface area contributed by atoms with Gasteiger partial charge in [-0.3, -0.25) is 14.4 Å². The zero-order chi connectivity index (χ0) is 15.2. The topological polar surface area (TPSA) is 68.0 Å². The van der Waals surface area contributed by atoms with E-state index in [-0.39, 0.29) is 5.91 Å². The number of anilines is 1. The normalized spacial score (nSPS) is 11.0. The standard InChI is InChI=1S/C14H22N6O/c1-18(8-4-5-13-15-7-10-19(13)2)11-14(21)16-12-6-9-20(3)17-12/h6-7,9-10H,4-5,8,11H2,1-3H3,(H,16,17,21). The van der Waals surface area contributed by atoms with Gasteiger partial charge in [-0.05, 0) is 20.0 Å². The molecule has 0 saturated carbocycles. The molecule has 1 amide bonds. The SMILES string of the molecule is CN(CCCc1nccn1C)CC(=O)Nc1ccn(C)n1. The van der Waals surface area contributed by atoms with E-state index in [9.17, 15) is 4.79 Å². The van der Waals surface area contributed by atoms with Gasteiger partial charge in [0.25, 0.3) is 0 Å². The molecule has 0 bridgehead atoms. The highest BCUT2D eigenvalue weighted by Gasteiger charge is 2.08. The molecule has 2 rings (SSSR count). The van der Waals surface area contributed by atoms with Crippen LogP contribution in [0.5, 0.6) is 0 Å². The molecular weight excluding hydrogens is 268 g/mol. The number of nitrogens with one attached hydrogen (secondary N) is 1. The average molecular weight is 290 g/mol. The number of hydrogen-bond acceptors (Lipinski definition) is 4. The van der Waals surface area contributed by atoms with Crippen LogP contribution in [0.4, 0.5) is 5.82 Å². The first-order chi connectivity index (χ1) is 10.0. The molecule has 0 aromatic carbocycles. The second-order valence-electron chi connectivity index (χ2n) is 5.22. The van der Waals surface area contributed by atoms with Crippen LogP contribution in [-0.2, 0) is 25.3 Å². The van der Waals surface area contributed by atoms with Gasteiger partial charge in [0.1, 0.15) is 5.82 Å². The van der Waals surface area contributed by atoms with Gasteiger partial charge < -0.3 is 9.88 Å². The second-order valence-corrected chi connectivity index (χ2v) is 5.22. The molecule has 1 N–H and O–H groups in total. The van der Waals surface area contributed by atoms with Crippen molar-refractivity contribution < 1.29 is 4.79 Å². The Hall–Kier alpha value is -2.15. The van der Waals surface area contributed by atoms with Crippen molar-refractivity contribution in [2.75, 3.05) is 25.5 Å². The number of imidazole rings is 1. The number of aromatic nitrogens is 4. The Morgan fingerprint density at radius 1 is 1.38 bits per heavy atom. The summed E-state index contributed by atoms with van der Waals surface area (Å²) in [5.74, 6) is 1.61. The zero-order valence-corrected chi connectivity index (χ0v) is 12.8. The Balaban J connectivity index is 1.68. The predicted octanol–water partition coefficient (Wildman–Crippen LogP) is 0.657. The van der Waals surface area contributed by atoms with Crippen molar-refractivity contribution in [2.45, 2.75) is 12.8 Å². The molecule has 21 heavy (non-hydrogen) atoms. The van der Waals surface area contributed by atoms with Crippen molar-refractivity contribution in [2.24, 2.45) is 14.1 Å². The molecule has 7 heteroatoms. The maximum atomic E-state index is 11.9. The molecule has 0 aliphatic rings. The molecule has 2 aromatic heterocycles. The summed E-state index contributed by atoms with van der Waals surface area (Å²) in [6.07, 6.45) is 7.43. The van der Waals surface area contributed by atoms with Crippen LogP contribution < -0.4 is 5.32 Å². The minimum absolute atomic E-state index is 0.0480. The van der Waals surface area contributed by atoms with Gasteiger partial charge >= 0.3 is 0 Å². The minimum atomic E-state index is -0.0480. The summed E-state index contributed by atoms with van der Waals surface area (Å²) in [7, 11) is 5.75. The van der Waals surface area contributed by atoms with Gasteiger partial charge in [-0.1, -0.05) is 0 Å². The van der Waals surface area contributed by atoms with Crippen molar-refractivity contribution >= 4 is 11.7 Å². The monoisotopic (exact) mass is 290 g/mol. The molecule has 114 valence electrons. The minimum Gasteiger partial charge on any atom is -0.338 e. The highest BCUT2D eigenvalue weighted by Crippen LogP contribution is 2.02. The Morgan fingerprint density at radius 3 is 2.81 bits per heavy atom. The fraction of sp³-hybridized carbons (Fsp3) is 0.500. The van der Waals surface area contributed by atoms with E-state index in [2.05, 4.69) is 15.4 Å². The molecular formula is C14H22N6O. The van der Waals surface area contributed by atoms with E-state index >= 15 is 0 Å². The van der Waals surface area contributed by atoms with Crippen LogP contribution >= 0.6 is 0 Å². The van der Waals surface area contributed by atoms with Gasteiger partial charge in [0.15, 0.2) is 5.82 Å². The highest BCUT2D eigenvalue weighted by atomic mass is 16.2. The third kappa shape index (κ3) is 4.71. The number of rotatable bonds is 7. The molecule has 0 radical (unpaired) electrons. The fourth-order valence-electron chi connectivity index (χ4n) is 2.13. The van der Waals surface area contributed by atoms with Crippen LogP contribution in [-0.4, -0.2) is 50.3 Å². The number of likely N-dealkylation sites (N-methyl/N-ethyl adjacent to an activating group) is 1. The zero-order valence-electron chi connectivity index (χ0n) is 12.8. The molecule has 0 unspecified atom stereocenters. The number of hydrogen-bond donors (Lipinski definition) is 1. The van der Waals surface area contributed by atoms with E-state index in [1.165, 1.54) is 0 Å². The van der Waals surface area contributed by atoms with E-state index in [1.54, 1.807) is 23.1 Å². The van der Waals surface area contributed by atoms with Crippen LogP contribution in [0.15, 0.2) is 24.7 Å². The van der Waals surface area contributed by atoms with Crippen LogP contribution in [0.2, 0.25) is 0 Å². The van der Waals surface area contributed by atoms with Crippen LogP contribution in [0.3, 0.4) is 0 Å². The summed E-state index contributed by atoms with van der Waals surface area (Å²) in [6, 6.07) is 1.78. The van der Waals surface area contributed by atoms with Crippen LogP contribution in [0, 0.1) is 0 Å². The molecule has 2 aromatic rings. The summed E-state index contributed by atoms with van der Waals surface area (Å²) in [4.78, 5) is 18.1. The van der Waals surface area contributed by atoms with Crippen LogP contribution in [0.1, 0.15) is 12.2 Å². The summed E-state index contributed by atoms with van der Waals surface area (Å²) in [6.45, 7) is 1.21. The van der Waals surface area contributed by atoms with Crippen molar-refractivity contribution in [3.05, 3.63) is 30.5 Å². The lowest BCUT2D eigenvalue weighted by Gasteiger charge is -2.15. The van der Waals surface area contributed by atoms with Crippen molar-refractivity contribution in [1.29, 1.82) is 0 Å². The number of amides is 1. The van der Waals surface area contributed by atoms with Gasteiger partial charge in [-0.2, -0.15) is 5.10 Å². The number of aryl methyl sites for hydroxylation is 3. The van der Waals surface area contributed by atoms with Crippen LogP contribution in [0.25, 0.3) is 0 Å². The molecule has 0 fully saturated rings. The first-order valence-electron chi connectivity index (χ1n) is 6.99. The lowest BCUT2D eigenvalue weighted by atomic mass is 10.3. The van der Waals surface area contributed by atoms with Gasteiger partial charge in [0.2, 0.25) is 5.91 Å². The predicted molar refractivity (Wildman–Crippen MR) is 80.9 cm³/mol. The molecule has 0 saturated heterocycles. The summed E-state index contributed by atoms with van der Waals surface area (Å²) in [5.41, 5.74) is 0. The van der Waals surface area contributed by atoms with Crippen molar-refractivity contribution in [3.8, 4) is 0 Å². The summed E-state index contributed by atoms with van der Waals surface area (Å²) in [5, 5.41) is 6.90. The van der Waals surface area contributed by atoms with E-state index in [0.717, 1.165) is 25.2 Å². The average Bonchev–Trinajstić information content (AvgIpc) is 2.99.